The minimum Gasteiger partial charge on any atom is -0.352 e. The molecule has 26 heavy (non-hydrogen) atoms. The summed E-state index contributed by atoms with van der Waals surface area (Å²) in [5.41, 5.74) is -0.00000971. The number of urea groups is 1. The molecule has 1 N–H and O–H groups in total. The van der Waals surface area contributed by atoms with Crippen LogP contribution in [-0.4, -0.2) is 82.8 Å². The molecule has 0 aromatic carbocycles. The fraction of sp³-hybridized carbons (Fsp3) is 0.857. The predicted octanol–water partition coefficient (Wildman–Crippen LogP) is -1.41. The highest BCUT2D eigenvalue weighted by Crippen LogP contribution is 2.49. The van der Waals surface area contributed by atoms with Crippen LogP contribution in [0.4, 0.5) is 4.79 Å². The van der Waals surface area contributed by atoms with Crippen molar-refractivity contribution in [2.45, 2.75) is 43.8 Å². The highest BCUT2D eigenvalue weighted by Gasteiger charge is 2.55. The Labute approximate surface area is 155 Å². The van der Waals surface area contributed by atoms with Crippen LogP contribution >= 0.6 is 0 Å². The normalized spacial score (nSPS) is 31.0. The molecule has 0 radical (unpaired) electrons. The van der Waals surface area contributed by atoms with Crippen LogP contribution in [0.2, 0.25) is 0 Å². The van der Waals surface area contributed by atoms with Crippen LogP contribution in [0.25, 0.3) is 0 Å². The molecule has 1 spiro atoms. The number of nitrogens with one attached hydrogen (secondary N) is 1. The Kier molecular flexibility index (Phi) is 4.29. The number of hydrogen-bond acceptors (Lipinski definition) is 6. The second kappa shape index (κ2) is 6.14. The second-order valence-electron chi connectivity index (χ2n) is 7.81. The molecule has 3 heterocycles. The van der Waals surface area contributed by atoms with E-state index in [0.29, 0.717) is 32.5 Å². The van der Waals surface area contributed by atoms with Crippen molar-refractivity contribution in [3.8, 4) is 0 Å². The smallest absolute Gasteiger partial charge is 0.346 e. The molecule has 2 bridgehead atoms. The summed E-state index contributed by atoms with van der Waals surface area (Å²) < 4.78 is 39.8. The largest absolute Gasteiger partial charge is 0.352 e. The van der Waals surface area contributed by atoms with E-state index in [-0.39, 0.29) is 23.4 Å². The van der Waals surface area contributed by atoms with E-state index in [1.807, 2.05) is 0 Å². The van der Waals surface area contributed by atoms with Crippen molar-refractivity contribution in [2.24, 2.45) is 5.41 Å². The lowest BCUT2D eigenvalue weighted by Crippen LogP contribution is -2.68. The van der Waals surface area contributed by atoms with Crippen molar-refractivity contribution >= 4 is 33.9 Å². The van der Waals surface area contributed by atoms with Gasteiger partial charge in [-0.05, 0) is 25.7 Å². The van der Waals surface area contributed by atoms with Crippen LogP contribution in [0.15, 0.2) is 0 Å². The van der Waals surface area contributed by atoms with Crippen molar-refractivity contribution in [1.82, 2.24) is 19.6 Å². The van der Waals surface area contributed by atoms with Crippen molar-refractivity contribution in [3.05, 3.63) is 0 Å². The summed E-state index contributed by atoms with van der Waals surface area (Å²) in [7, 11) is -3.13. The molecule has 3 aliphatic heterocycles. The Morgan fingerprint density at radius 3 is 2.62 bits per heavy atom. The van der Waals surface area contributed by atoms with E-state index >= 15 is 0 Å². The quantitative estimate of drug-likeness (QED) is 0.542. The highest BCUT2D eigenvalue weighted by molar-refractivity contribution is 7.88. The third-order valence-corrected chi connectivity index (χ3v) is 7.38. The molecule has 1 aliphatic carbocycles. The molecule has 0 aromatic heterocycles. The number of nitrogens with zero attached hydrogens (tertiary/aromatic N) is 3. The van der Waals surface area contributed by atoms with E-state index < -0.39 is 34.0 Å². The first-order chi connectivity index (χ1) is 12.2. The van der Waals surface area contributed by atoms with Gasteiger partial charge in [-0.2, -0.15) is 9.35 Å². The van der Waals surface area contributed by atoms with Gasteiger partial charge in [0.1, 0.15) is 6.04 Å². The van der Waals surface area contributed by atoms with Gasteiger partial charge in [-0.3, -0.25) is 4.79 Å². The predicted molar refractivity (Wildman–Crippen MR) is 91.4 cm³/mol. The zero-order valence-corrected chi connectivity index (χ0v) is 16.0. The molecule has 4 rings (SSSR count). The number of piperidine rings is 1. The minimum absolute atomic E-state index is 0.00000971. The minimum atomic E-state index is -3.13. The molecule has 3 saturated heterocycles. The molecular formula is C14H22N4O6S2. The first kappa shape index (κ1) is 18.1. The van der Waals surface area contributed by atoms with Crippen LogP contribution in [0.5, 0.6) is 0 Å². The Balaban J connectivity index is 1.29. The Hall–Kier alpha value is -1.24. The third kappa shape index (κ3) is 2.92. The molecule has 4 aliphatic rings. The number of amides is 3. The standard InChI is InChI=1S/C14H22N4O6S2/c1-26(22,23)16-7-14(8-16)4-9(5-14)15-12(19)11-3-2-10-6-17(11)13(20)18(10)24-25-21/h9-11,25H,2-8H2,1H3,(H,15,19). The number of sulfonamides is 1. The number of hydrogen-bond donors (Lipinski definition) is 2. The van der Waals surface area contributed by atoms with Gasteiger partial charge in [-0.25, -0.2) is 21.7 Å². The van der Waals surface area contributed by atoms with Gasteiger partial charge in [0, 0.05) is 31.1 Å². The zero-order valence-electron chi connectivity index (χ0n) is 14.3. The van der Waals surface area contributed by atoms with Crippen molar-refractivity contribution in [2.75, 3.05) is 25.9 Å². The van der Waals surface area contributed by atoms with E-state index in [4.69, 9.17) is 4.28 Å². The topological polar surface area (TPSA) is 116 Å². The maximum absolute atomic E-state index is 12.6. The van der Waals surface area contributed by atoms with Crippen LogP contribution < -0.4 is 5.32 Å². The lowest BCUT2D eigenvalue weighted by molar-refractivity contribution is -0.130. The Morgan fingerprint density at radius 2 is 2.00 bits per heavy atom. The van der Waals surface area contributed by atoms with Crippen molar-refractivity contribution < 1.29 is 26.5 Å². The fourth-order valence-electron chi connectivity index (χ4n) is 4.63. The van der Waals surface area contributed by atoms with Gasteiger partial charge in [-0.15, -0.1) is 0 Å². The summed E-state index contributed by atoms with van der Waals surface area (Å²) in [6.07, 6.45) is 3.89. The molecule has 12 heteroatoms. The van der Waals surface area contributed by atoms with Crippen LogP contribution in [-0.2, 0) is 31.0 Å². The van der Waals surface area contributed by atoms with Crippen LogP contribution in [0.3, 0.4) is 0 Å². The SMILES string of the molecule is CS(=O)(=O)N1CC2(CC(NC(=O)C3CCC4CN3C(=O)N4O[SH]=O)C2)C1. The summed E-state index contributed by atoms with van der Waals surface area (Å²) in [5.74, 6) is -0.183. The van der Waals surface area contributed by atoms with Crippen molar-refractivity contribution in [3.63, 3.8) is 0 Å². The first-order valence-corrected chi connectivity index (χ1v) is 11.2. The maximum Gasteiger partial charge on any atom is 0.346 e. The molecule has 10 nitrogen and oxygen atoms in total. The van der Waals surface area contributed by atoms with E-state index in [1.54, 1.807) is 0 Å². The number of carbonyl (C=O) groups is 2. The Morgan fingerprint density at radius 1 is 1.31 bits per heavy atom. The van der Waals surface area contributed by atoms with Gasteiger partial charge in [0.15, 0.2) is 11.9 Å². The number of carbonyl (C=O) groups excluding carboxylic acids is 2. The molecule has 2 unspecified atom stereocenters. The van der Waals surface area contributed by atoms with E-state index in [0.717, 1.165) is 17.9 Å². The monoisotopic (exact) mass is 406 g/mol. The summed E-state index contributed by atoms with van der Waals surface area (Å²) >= 11 is -0.587. The van der Waals surface area contributed by atoms with Crippen LogP contribution in [0.1, 0.15) is 25.7 Å². The van der Waals surface area contributed by atoms with E-state index in [9.17, 15) is 22.2 Å². The number of rotatable bonds is 5. The molecule has 146 valence electrons. The molecule has 1 saturated carbocycles. The van der Waals surface area contributed by atoms with E-state index in [1.165, 1.54) is 15.5 Å². The average molecular weight is 406 g/mol. The molecule has 0 aromatic rings. The summed E-state index contributed by atoms with van der Waals surface area (Å²) in [6, 6.07) is -1.12. The zero-order chi connectivity index (χ0) is 18.7. The summed E-state index contributed by atoms with van der Waals surface area (Å²) in [5, 5.41) is 4.08. The fourth-order valence-corrected chi connectivity index (χ4v) is 5.92. The van der Waals surface area contributed by atoms with Crippen molar-refractivity contribution in [1.29, 1.82) is 0 Å². The molecule has 3 amide bonds. The molecule has 2 atom stereocenters. The molecule has 4 fully saturated rings. The highest BCUT2D eigenvalue weighted by atomic mass is 32.2. The Bertz CT molecular complexity index is 745. The lowest BCUT2D eigenvalue weighted by atomic mass is 9.61. The lowest BCUT2D eigenvalue weighted by Gasteiger charge is -2.58. The summed E-state index contributed by atoms with van der Waals surface area (Å²) in [6.45, 7) is 1.44. The third-order valence-electron chi connectivity index (χ3n) is 5.94. The van der Waals surface area contributed by atoms with Gasteiger partial charge >= 0.3 is 6.03 Å². The molecular weight excluding hydrogens is 384 g/mol. The van der Waals surface area contributed by atoms with Crippen LogP contribution in [0, 0.1) is 5.41 Å². The number of hydroxylamine groups is 2. The maximum atomic E-state index is 12.6. The average Bonchev–Trinajstić information content (AvgIpc) is 2.72. The van der Waals surface area contributed by atoms with Gasteiger partial charge < -0.3 is 10.2 Å². The van der Waals surface area contributed by atoms with Gasteiger partial charge in [0.25, 0.3) is 0 Å². The second-order valence-corrected chi connectivity index (χ2v) is 10.1. The first-order valence-electron chi connectivity index (χ1n) is 8.58. The van der Waals surface area contributed by atoms with Gasteiger partial charge in [0.05, 0.1) is 12.3 Å². The van der Waals surface area contributed by atoms with Gasteiger partial charge in [0.2, 0.25) is 15.9 Å². The number of fused-ring (bicyclic) bond motifs is 2. The van der Waals surface area contributed by atoms with E-state index in [2.05, 4.69) is 5.32 Å². The summed E-state index contributed by atoms with van der Waals surface area (Å²) in [4.78, 5) is 26.4. The van der Waals surface area contributed by atoms with Gasteiger partial charge in [-0.1, -0.05) is 0 Å². The number of thiol groups is 1.